The molecule has 0 heterocycles. The van der Waals surface area contributed by atoms with E-state index in [-0.39, 0.29) is 0 Å². The monoisotopic (exact) mass is 212 g/mol. The largest absolute Gasteiger partial charge is 0.298 e. The van der Waals surface area contributed by atoms with Crippen LogP contribution in [0.1, 0.15) is 41.6 Å². The number of allylic oxidation sites excluding steroid dienone is 1. The van der Waals surface area contributed by atoms with Gasteiger partial charge in [-0.15, -0.1) is 0 Å². The van der Waals surface area contributed by atoms with Gasteiger partial charge in [-0.05, 0) is 43.1 Å². The van der Waals surface area contributed by atoms with Crippen LogP contribution in [0, 0.1) is 11.8 Å². The number of benzene rings is 1. The second kappa shape index (κ2) is 3.89. The van der Waals surface area contributed by atoms with Crippen LogP contribution in [0.5, 0.6) is 0 Å². The summed E-state index contributed by atoms with van der Waals surface area (Å²) in [6.45, 7) is 0. The Morgan fingerprint density at radius 3 is 2.56 bits per heavy atom. The average molecular weight is 212 g/mol. The molecule has 0 radical (unpaired) electrons. The van der Waals surface area contributed by atoms with E-state index in [1.807, 2.05) is 24.3 Å². The first kappa shape index (κ1) is 9.83. The van der Waals surface area contributed by atoms with Crippen LogP contribution in [0.15, 0.2) is 29.8 Å². The number of carbonyl (C=O) groups excluding carboxylic acids is 1. The summed E-state index contributed by atoms with van der Waals surface area (Å²) < 4.78 is 0. The predicted molar refractivity (Wildman–Crippen MR) is 65.3 cm³/mol. The van der Waals surface area contributed by atoms with E-state index in [4.69, 9.17) is 0 Å². The minimum atomic E-state index is 0.810. The van der Waals surface area contributed by atoms with Crippen molar-refractivity contribution >= 4 is 12.4 Å². The molecule has 0 saturated heterocycles. The maximum absolute atomic E-state index is 10.9. The van der Waals surface area contributed by atoms with Gasteiger partial charge in [-0.1, -0.05) is 35.9 Å². The summed E-state index contributed by atoms with van der Waals surface area (Å²) >= 11 is 0. The van der Waals surface area contributed by atoms with E-state index in [9.17, 15) is 4.79 Å². The van der Waals surface area contributed by atoms with E-state index in [0.717, 1.165) is 29.2 Å². The molecule has 2 aliphatic carbocycles. The fourth-order valence-electron chi connectivity index (χ4n) is 3.22. The Hall–Kier alpha value is -1.37. The fraction of sp³-hybridized carbons (Fsp3) is 0.400. The number of fused-ring (bicyclic) bond motifs is 2. The van der Waals surface area contributed by atoms with Crippen molar-refractivity contribution in [2.24, 2.45) is 11.8 Å². The van der Waals surface area contributed by atoms with Gasteiger partial charge in [0.05, 0.1) is 0 Å². The van der Waals surface area contributed by atoms with Crippen molar-refractivity contribution in [1.29, 1.82) is 0 Å². The lowest BCUT2D eigenvalue weighted by Gasteiger charge is -2.13. The summed E-state index contributed by atoms with van der Waals surface area (Å²) in [6.07, 6.45) is 8.64. The highest BCUT2D eigenvalue weighted by Crippen LogP contribution is 2.48. The summed E-state index contributed by atoms with van der Waals surface area (Å²) in [5.41, 5.74) is 3.49. The Morgan fingerprint density at radius 1 is 1.12 bits per heavy atom. The first-order valence-corrected chi connectivity index (χ1v) is 6.11. The van der Waals surface area contributed by atoms with Crippen LogP contribution in [-0.4, -0.2) is 6.29 Å². The molecule has 0 N–H and O–H groups in total. The lowest BCUT2D eigenvalue weighted by Crippen LogP contribution is -1.98. The molecule has 2 aliphatic rings. The molecule has 2 bridgehead atoms. The Bertz CT molecular complexity index is 445. The first-order valence-electron chi connectivity index (χ1n) is 6.11. The Morgan fingerprint density at radius 2 is 1.94 bits per heavy atom. The van der Waals surface area contributed by atoms with Crippen molar-refractivity contribution in [2.75, 3.05) is 0 Å². The average Bonchev–Trinajstić information content (AvgIpc) is 2.92. The summed E-state index contributed by atoms with van der Waals surface area (Å²) in [7, 11) is 0. The number of hydrogen-bond acceptors (Lipinski definition) is 1. The third kappa shape index (κ3) is 1.60. The van der Waals surface area contributed by atoms with E-state index in [2.05, 4.69) is 6.08 Å². The van der Waals surface area contributed by atoms with Crippen LogP contribution in [-0.2, 0) is 0 Å². The maximum atomic E-state index is 10.9. The summed E-state index contributed by atoms with van der Waals surface area (Å²) in [5.74, 6) is 1.74. The summed E-state index contributed by atoms with van der Waals surface area (Å²) in [6, 6.07) is 7.87. The van der Waals surface area contributed by atoms with E-state index in [1.54, 1.807) is 5.57 Å². The van der Waals surface area contributed by atoms with Gasteiger partial charge in [0.2, 0.25) is 0 Å². The molecular formula is C15H16O. The van der Waals surface area contributed by atoms with Gasteiger partial charge in [0.15, 0.2) is 6.29 Å². The van der Waals surface area contributed by atoms with Gasteiger partial charge in [0.25, 0.3) is 0 Å². The zero-order valence-electron chi connectivity index (χ0n) is 9.36. The molecule has 1 nitrogen and oxygen atoms in total. The van der Waals surface area contributed by atoms with Crippen LogP contribution >= 0.6 is 0 Å². The number of hydrogen-bond donors (Lipinski definition) is 0. The minimum Gasteiger partial charge on any atom is -0.298 e. The second-order valence-electron chi connectivity index (χ2n) is 5.05. The Kier molecular flexibility index (Phi) is 2.39. The van der Waals surface area contributed by atoms with Crippen molar-refractivity contribution in [3.8, 4) is 0 Å². The van der Waals surface area contributed by atoms with Crippen molar-refractivity contribution in [3.63, 3.8) is 0 Å². The standard InChI is InChI=1S/C15H16O/c16-10-14-4-2-1-3-12(14)9-15-8-11-5-6-13(15)7-11/h1-4,9-11,13H,5-8H2/b15-9+. The number of rotatable bonds is 2. The van der Waals surface area contributed by atoms with Crippen molar-refractivity contribution in [2.45, 2.75) is 25.7 Å². The second-order valence-corrected chi connectivity index (χ2v) is 5.05. The SMILES string of the molecule is O=Cc1ccccc1/C=C1\CC2CCC1C2. The molecule has 2 fully saturated rings. The third-order valence-electron chi connectivity index (χ3n) is 4.05. The van der Waals surface area contributed by atoms with Gasteiger partial charge >= 0.3 is 0 Å². The molecule has 0 aliphatic heterocycles. The van der Waals surface area contributed by atoms with Crippen LogP contribution in [0.2, 0.25) is 0 Å². The highest BCUT2D eigenvalue weighted by Gasteiger charge is 2.34. The zero-order chi connectivity index (χ0) is 11.0. The summed E-state index contributed by atoms with van der Waals surface area (Å²) in [5, 5.41) is 0. The molecule has 82 valence electrons. The molecule has 3 rings (SSSR count). The molecule has 2 saturated carbocycles. The van der Waals surface area contributed by atoms with E-state index in [1.165, 1.54) is 25.7 Å². The van der Waals surface area contributed by atoms with Crippen molar-refractivity contribution in [3.05, 3.63) is 41.0 Å². The van der Waals surface area contributed by atoms with Crippen LogP contribution in [0.3, 0.4) is 0 Å². The summed E-state index contributed by atoms with van der Waals surface area (Å²) in [4.78, 5) is 10.9. The van der Waals surface area contributed by atoms with Gasteiger partial charge in [-0.3, -0.25) is 4.79 Å². The van der Waals surface area contributed by atoms with Gasteiger partial charge < -0.3 is 0 Å². The molecular weight excluding hydrogens is 196 g/mol. The van der Waals surface area contributed by atoms with E-state index in [0.29, 0.717) is 0 Å². The maximum Gasteiger partial charge on any atom is 0.150 e. The Labute approximate surface area is 96.2 Å². The van der Waals surface area contributed by atoms with Gasteiger partial charge in [0.1, 0.15) is 0 Å². The first-order chi connectivity index (χ1) is 7.86. The highest BCUT2D eigenvalue weighted by molar-refractivity contribution is 5.82. The smallest absolute Gasteiger partial charge is 0.150 e. The molecule has 0 amide bonds. The lowest BCUT2D eigenvalue weighted by atomic mass is 9.92. The fourth-order valence-corrected chi connectivity index (χ4v) is 3.22. The van der Waals surface area contributed by atoms with Crippen LogP contribution in [0.25, 0.3) is 6.08 Å². The van der Waals surface area contributed by atoms with E-state index >= 15 is 0 Å². The molecule has 0 aromatic heterocycles. The van der Waals surface area contributed by atoms with Crippen molar-refractivity contribution < 1.29 is 4.79 Å². The molecule has 1 aromatic carbocycles. The predicted octanol–water partition coefficient (Wildman–Crippen LogP) is 3.70. The molecule has 16 heavy (non-hydrogen) atoms. The molecule has 1 heteroatoms. The van der Waals surface area contributed by atoms with Crippen LogP contribution < -0.4 is 0 Å². The molecule has 0 spiro atoms. The topological polar surface area (TPSA) is 17.1 Å². The van der Waals surface area contributed by atoms with E-state index < -0.39 is 0 Å². The quantitative estimate of drug-likeness (QED) is 0.683. The van der Waals surface area contributed by atoms with Crippen molar-refractivity contribution in [1.82, 2.24) is 0 Å². The lowest BCUT2D eigenvalue weighted by molar-refractivity contribution is 0.112. The number of carbonyl (C=O) groups is 1. The van der Waals surface area contributed by atoms with Gasteiger partial charge in [-0.2, -0.15) is 0 Å². The Balaban J connectivity index is 1.93. The molecule has 1 aromatic rings. The highest BCUT2D eigenvalue weighted by atomic mass is 16.1. The van der Waals surface area contributed by atoms with Gasteiger partial charge in [0, 0.05) is 5.56 Å². The normalized spacial score (nSPS) is 29.9. The number of aldehydes is 1. The molecule has 2 atom stereocenters. The third-order valence-corrected chi connectivity index (χ3v) is 4.05. The zero-order valence-corrected chi connectivity index (χ0v) is 9.36. The minimum absolute atomic E-state index is 0.810. The van der Waals surface area contributed by atoms with Crippen LogP contribution in [0.4, 0.5) is 0 Å². The van der Waals surface area contributed by atoms with Gasteiger partial charge in [-0.25, -0.2) is 0 Å². The molecule has 2 unspecified atom stereocenters.